The van der Waals surface area contributed by atoms with Crippen molar-refractivity contribution in [2.45, 2.75) is 24.2 Å². The fourth-order valence-electron chi connectivity index (χ4n) is 3.05. The number of sulfonamides is 1. The Balaban J connectivity index is 1.49. The minimum atomic E-state index is -3.45. The van der Waals surface area contributed by atoms with Gasteiger partial charge >= 0.3 is 11.8 Å². The molecule has 0 saturated carbocycles. The molecule has 0 unspecified atom stereocenters. The zero-order chi connectivity index (χ0) is 20.9. The van der Waals surface area contributed by atoms with Crippen LogP contribution in [-0.2, 0) is 26.0 Å². The van der Waals surface area contributed by atoms with E-state index in [1.165, 1.54) is 22.5 Å². The number of halogens is 1. The molecule has 2 aromatic rings. The van der Waals surface area contributed by atoms with Crippen LogP contribution in [0.3, 0.4) is 0 Å². The Kier molecular flexibility index (Phi) is 6.60. The molecule has 7 nitrogen and oxygen atoms in total. The predicted molar refractivity (Wildman–Crippen MR) is 106 cm³/mol. The summed E-state index contributed by atoms with van der Waals surface area (Å²) in [5, 5.41) is 4.67. The number of amides is 2. The summed E-state index contributed by atoms with van der Waals surface area (Å²) < 4.78 is 40.0. The summed E-state index contributed by atoms with van der Waals surface area (Å²) in [7, 11) is -3.45. The molecule has 29 heavy (non-hydrogen) atoms. The molecule has 1 aliphatic rings. The summed E-state index contributed by atoms with van der Waals surface area (Å²) in [4.78, 5) is 23.9. The Hall–Kier alpha value is -2.78. The highest BCUT2D eigenvalue weighted by atomic mass is 32.2. The molecule has 1 aliphatic heterocycles. The molecule has 2 N–H and O–H groups in total. The molecule has 2 amide bonds. The van der Waals surface area contributed by atoms with Crippen LogP contribution in [0, 0.1) is 5.82 Å². The SMILES string of the molecule is O=C(NCCc1ccc(S(=O)(=O)N2CCCC2)cc1)C(=O)Nc1ccccc1F. The number of rotatable bonds is 6. The van der Waals surface area contributed by atoms with Crippen LogP contribution in [0.5, 0.6) is 0 Å². The highest BCUT2D eigenvalue weighted by molar-refractivity contribution is 7.89. The largest absolute Gasteiger partial charge is 0.347 e. The van der Waals surface area contributed by atoms with Crippen LogP contribution in [0.1, 0.15) is 18.4 Å². The van der Waals surface area contributed by atoms with Gasteiger partial charge in [0.15, 0.2) is 0 Å². The number of hydrogen-bond donors (Lipinski definition) is 2. The lowest BCUT2D eigenvalue weighted by Crippen LogP contribution is -2.36. The first-order chi connectivity index (χ1) is 13.9. The number of hydrogen-bond acceptors (Lipinski definition) is 4. The quantitative estimate of drug-likeness (QED) is 0.699. The van der Waals surface area contributed by atoms with Crippen molar-refractivity contribution in [3.05, 3.63) is 59.9 Å². The van der Waals surface area contributed by atoms with E-state index in [1.807, 2.05) is 0 Å². The average molecular weight is 419 g/mol. The minimum absolute atomic E-state index is 0.0672. The minimum Gasteiger partial charge on any atom is -0.347 e. The number of nitrogens with zero attached hydrogens (tertiary/aromatic N) is 1. The summed E-state index contributed by atoms with van der Waals surface area (Å²) in [6.07, 6.45) is 2.17. The van der Waals surface area contributed by atoms with E-state index in [-0.39, 0.29) is 17.1 Å². The van der Waals surface area contributed by atoms with E-state index in [9.17, 15) is 22.4 Å². The van der Waals surface area contributed by atoms with E-state index in [0.717, 1.165) is 18.4 Å². The molecule has 0 aromatic heterocycles. The van der Waals surface area contributed by atoms with Gasteiger partial charge in [-0.05, 0) is 49.1 Å². The number of anilines is 1. The molecule has 0 atom stereocenters. The summed E-state index contributed by atoms with van der Waals surface area (Å²) >= 11 is 0. The van der Waals surface area contributed by atoms with E-state index >= 15 is 0 Å². The summed E-state index contributed by atoms with van der Waals surface area (Å²) in [6, 6.07) is 12.0. The fraction of sp³-hybridized carbons (Fsp3) is 0.300. The van der Waals surface area contributed by atoms with Gasteiger partial charge in [0.25, 0.3) is 0 Å². The van der Waals surface area contributed by atoms with Crippen LogP contribution in [-0.4, -0.2) is 44.2 Å². The Morgan fingerprint density at radius 2 is 1.62 bits per heavy atom. The Morgan fingerprint density at radius 3 is 2.28 bits per heavy atom. The van der Waals surface area contributed by atoms with Crippen molar-refractivity contribution in [3.8, 4) is 0 Å². The molecule has 1 saturated heterocycles. The number of carbonyl (C=O) groups is 2. The topological polar surface area (TPSA) is 95.6 Å². The molecular formula is C20H22FN3O4S. The van der Waals surface area contributed by atoms with Crippen LogP contribution >= 0.6 is 0 Å². The lowest BCUT2D eigenvalue weighted by atomic mass is 10.1. The van der Waals surface area contributed by atoms with Crippen LogP contribution < -0.4 is 10.6 Å². The summed E-state index contributed by atoms with van der Waals surface area (Å²) in [6.45, 7) is 1.28. The molecule has 0 radical (unpaired) electrons. The third-order valence-electron chi connectivity index (χ3n) is 4.65. The number of nitrogens with one attached hydrogen (secondary N) is 2. The zero-order valence-corrected chi connectivity index (χ0v) is 16.5. The van der Waals surface area contributed by atoms with E-state index in [1.54, 1.807) is 30.3 Å². The van der Waals surface area contributed by atoms with Crippen molar-refractivity contribution in [2.24, 2.45) is 0 Å². The van der Waals surface area contributed by atoms with Crippen LogP contribution in [0.25, 0.3) is 0 Å². The molecule has 9 heteroatoms. The first-order valence-corrected chi connectivity index (χ1v) is 10.7. The van der Waals surface area contributed by atoms with E-state index in [2.05, 4.69) is 10.6 Å². The maximum absolute atomic E-state index is 13.5. The molecule has 2 aromatic carbocycles. The molecule has 1 heterocycles. The van der Waals surface area contributed by atoms with Crippen molar-refractivity contribution >= 4 is 27.5 Å². The van der Waals surface area contributed by atoms with E-state index in [0.29, 0.717) is 19.5 Å². The Labute approximate surface area is 169 Å². The van der Waals surface area contributed by atoms with E-state index in [4.69, 9.17) is 0 Å². The first-order valence-electron chi connectivity index (χ1n) is 9.31. The van der Waals surface area contributed by atoms with Crippen LogP contribution in [0.2, 0.25) is 0 Å². The van der Waals surface area contributed by atoms with Gasteiger partial charge in [-0.2, -0.15) is 4.31 Å². The number of carbonyl (C=O) groups excluding carboxylic acids is 2. The van der Waals surface area contributed by atoms with Crippen molar-refractivity contribution in [2.75, 3.05) is 25.0 Å². The van der Waals surface area contributed by atoms with Crippen molar-refractivity contribution in [1.29, 1.82) is 0 Å². The fourth-order valence-corrected chi connectivity index (χ4v) is 4.57. The van der Waals surface area contributed by atoms with Gasteiger partial charge in [-0.25, -0.2) is 12.8 Å². The highest BCUT2D eigenvalue weighted by Crippen LogP contribution is 2.21. The number of para-hydroxylation sites is 1. The summed E-state index contributed by atoms with van der Waals surface area (Å²) in [5.74, 6) is -2.46. The van der Waals surface area contributed by atoms with Gasteiger partial charge in [-0.15, -0.1) is 0 Å². The Morgan fingerprint density at radius 1 is 0.966 bits per heavy atom. The van der Waals surface area contributed by atoms with Crippen molar-refractivity contribution in [3.63, 3.8) is 0 Å². The van der Waals surface area contributed by atoms with Gasteiger partial charge in [-0.3, -0.25) is 9.59 Å². The monoisotopic (exact) mass is 419 g/mol. The predicted octanol–water partition coefficient (Wildman–Crippen LogP) is 1.91. The first kappa shape index (κ1) is 20.9. The number of benzene rings is 2. The third-order valence-corrected chi connectivity index (χ3v) is 6.57. The zero-order valence-electron chi connectivity index (χ0n) is 15.7. The molecule has 1 fully saturated rings. The standard InChI is InChI=1S/C20H22FN3O4S/c21-17-5-1-2-6-18(17)23-20(26)19(25)22-12-11-15-7-9-16(10-8-15)29(27,28)24-13-3-4-14-24/h1-2,5-10H,3-4,11-14H2,(H,22,25)(H,23,26). The molecule has 0 aliphatic carbocycles. The lowest BCUT2D eigenvalue weighted by Gasteiger charge is -2.15. The van der Waals surface area contributed by atoms with Gasteiger partial charge in [0.2, 0.25) is 10.0 Å². The van der Waals surface area contributed by atoms with Crippen molar-refractivity contribution in [1.82, 2.24) is 9.62 Å². The van der Waals surface area contributed by atoms with Gasteiger partial charge in [0.1, 0.15) is 5.82 Å². The molecular weight excluding hydrogens is 397 g/mol. The lowest BCUT2D eigenvalue weighted by molar-refractivity contribution is -0.136. The average Bonchev–Trinajstić information content (AvgIpc) is 3.26. The van der Waals surface area contributed by atoms with Gasteiger partial charge in [-0.1, -0.05) is 24.3 Å². The molecule has 3 rings (SSSR count). The van der Waals surface area contributed by atoms with Crippen LogP contribution in [0.4, 0.5) is 10.1 Å². The Bertz CT molecular complexity index is 987. The maximum atomic E-state index is 13.5. The smallest absolute Gasteiger partial charge is 0.313 e. The van der Waals surface area contributed by atoms with Crippen molar-refractivity contribution < 1.29 is 22.4 Å². The highest BCUT2D eigenvalue weighted by Gasteiger charge is 2.26. The van der Waals surface area contributed by atoms with Crippen LogP contribution in [0.15, 0.2) is 53.4 Å². The second kappa shape index (κ2) is 9.15. The normalized spacial score (nSPS) is 14.5. The van der Waals surface area contributed by atoms with Gasteiger partial charge in [0.05, 0.1) is 10.6 Å². The van der Waals surface area contributed by atoms with Gasteiger partial charge in [0, 0.05) is 19.6 Å². The maximum Gasteiger partial charge on any atom is 0.313 e. The molecule has 0 spiro atoms. The van der Waals surface area contributed by atoms with Gasteiger partial charge < -0.3 is 10.6 Å². The second-order valence-corrected chi connectivity index (χ2v) is 8.63. The second-order valence-electron chi connectivity index (χ2n) is 6.70. The van der Waals surface area contributed by atoms with E-state index < -0.39 is 27.7 Å². The summed E-state index contributed by atoms with van der Waals surface area (Å²) in [5.41, 5.74) is 0.752. The third kappa shape index (κ3) is 5.18. The molecule has 154 valence electrons. The molecule has 0 bridgehead atoms.